The van der Waals surface area contributed by atoms with Crippen molar-refractivity contribution in [2.45, 2.75) is 32.9 Å². The average Bonchev–Trinajstić information content (AvgIpc) is 3.07. The molecule has 0 spiro atoms. The van der Waals surface area contributed by atoms with E-state index >= 15 is 0 Å². The first-order valence-electron chi connectivity index (χ1n) is 7.09. The van der Waals surface area contributed by atoms with Crippen LogP contribution < -0.4 is 0 Å². The number of benzene rings is 1. The van der Waals surface area contributed by atoms with E-state index in [9.17, 15) is 4.79 Å². The minimum Gasteiger partial charge on any atom is -0.323 e. The van der Waals surface area contributed by atoms with Crippen molar-refractivity contribution in [3.8, 4) is 0 Å². The number of hydrogen-bond acceptors (Lipinski definition) is 3. The van der Waals surface area contributed by atoms with Crippen LogP contribution in [0.4, 0.5) is 0 Å². The van der Waals surface area contributed by atoms with E-state index in [0.29, 0.717) is 19.0 Å². The number of Topliss-reactive ketones (excluding diaryl/α,β-unsaturated/α-hetero) is 1. The second-order valence-electron chi connectivity index (χ2n) is 5.46. The van der Waals surface area contributed by atoms with E-state index in [2.05, 4.69) is 23.9 Å². The molecule has 0 unspecified atom stereocenters. The number of hydrogen-bond donors (Lipinski definition) is 0. The Hall–Kier alpha value is -2.43. The van der Waals surface area contributed by atoms with Gasteiger partial charge in [-0.25, -0.2) is 4.98 Å². The van der Waals surface area contributed by atoms with Crippen molar-refractivity contribution in [2.75, 3.05) is 0 Å². The SMILES string of the molecule is CC(C)n1ccc(CC(=O)Cn2cnc3ccccc32)n1. The highest BCUT2D eigenvalue weighted by Gasteiger charge is 2.10. The predicted molar refractivity (Wildman–Crippen MR) is 81.1 cm³/mol. The van der Waals surface area contributed by atoms with E-state index in [1.165, 1.54) is 0 Å². The van der Waals surface area contributed by atoms with Crippen LogP contribution in [0.25, 0.3) is 11.0 Å². The van der Waals surface area contributed by atoms with E-state index < -0.39 is 0 Å². The Morgan fingerprint density at radius 2 is 2.05 bits per heavy atom. The molecule has 0 bridgehead atoms. The second kappa shape index (κ2) is 5.52. The molecule has 0 N–H and O–H groups in total. The Morgan fingerprint density at radius 3 is 2.81 bits per heavy atom. The van der Waals surface area contributed by atoms with Crippen LogP contribution >= 0.6 is 0 Å². The number of fused-ring (bicyclic) bond motifs is 1. The van der Waals surface area contributed by atoms with Gasteiger partial charge < -0.3 is 4.57 Å². The third-order valence-corrected chi connectivity index (χ3v) is 3.45. The summed E-state index contributed by atoms with van der Waals surface area (Å²) in [6.45, 7) is 4.46. The van der Waals surface area contributed by atoms with Crippen molar-refractivity contribution in [2.24, 2.45) is 0 Å². The van der Waals surface area contributed by atoms with Crippen molar-refractivity contribution < 1.29 is 4.79 Å². The smallest absolute Gasteiger partial charge is 0.158 e. The maximum absolute atomic E-state index is 12.2. The average molecular weight is 282 g/mol. The summed E-state index contributed by atoms with van der Waals surface area (Å²) in [5.74, 6) is 0.132. The van der Waals surface area contributed by atoms with Crippen LogP contribution in [0.1, 0.15) is 25.6 Å². The van der Waals surface area contributed by atoms with Gasteiger partial charge in [0.1, 0.15) is 0 Å². The van der Waals surface area contributed by atoms with Crippen LogP contribution in [0.5, 0.6) is 0 Å². The van der Waals surface area contributed by atoms with Gasteiger partial charge in [0.05, 0.1) is 36.0 Å². The lowest BCUT2D eigenvalue weighted by atomic mass is 10.2. The summed E-state index contributed by atoms with van der Waals surface area (Å²) >= 11 is 0. The highest BCUT2D eigenvalue weighted by atomic mass is 16.1. The summed E-state index contributed by atoms with van der Waals surface area (Å²) in [4.78, 5) is 16.5. The molecule has 0 aliphatic carbocycles. The number of imidazole rings is 1. The normalized spacial score (nSPS) is 11.4. The minimum atomic E-state index is 0.132. The van der Waals surface area contributed by atoms with Crippen molar-refractivity contribution in [1.82, 2.24) is 19.3 Å². The Balaban J connectivity index is 1.71. The second-order valence-corrected chi connectivity index (χ2v) is 5.46. The first-order chi connectivity index (χ1) is 10.1. The predicted octanol–water partition coefficient (Wildman–Crippen LogP) is 2.63. The van der Waals surface area contributed by atoms with Gasteiger partial charge in [-0.2, -0.15) is 5.10 Å². The number of ketones is 1. The van der Waals surface area contributed by atoms with Gasteiger partial charge in [-0.05, 0) is 32.0 Å². The summed E-state index contributed by atoms with van der Waals surface area (Å²) in [5.41, 5.74) is 2.71. The molecule has 0 aliphatic heterocycles. The quantitative estimate of drug-likeness (QED) is 0.723. The lowest BCUT2D eigenvalue weighted by Gasteiger charge is -2.04. The van der Waals surface area contributed by atoms with Crippen LogP contribution in [0, 0.1) is 0 Å². The Morgan fingerprint density at radius 1 is 1.24 bits per heavy atom. The molecule has 0 amide bonds. The Bertz CT molecular complexity index is 769. The van der Waals surface area contributed by atoms with Crippen LogP contribution in [0.15, 0.2) is 42.9 Å². The summed E-state index contributed by atoms with van der Waals surface area (Å²) in [7, 11) is 0. The molecule has 3 rings (SSSR count). The molecule has 0 fully saturated rings. The molecule has 108 valence electrons. The van der Waals surface area contributed by atoms with Gasteiger partial charge in [0, 0.05) is 12.2 Å². The van der Waals surface area contributed by atoms with Gasteiger partial charge in [-0.3, -0.25) is 9.48 Å². The first kappa shape index (κ1) is 13.5. The van der Waals surface area contributed by atoms with Gasteiger partial charge in [-0.1, -0.05) is 12.1 Å². The maximum atomic E-state index is 12.2. The van der Waals surface area contributed by atoms with Gasteiger partial charge in [0.15, 0.2) is 5.78 Å². The number of carbonyl (C=O) groups excluding carboxylic acids is 1. The monoisotopic (exact) mass is 282 g/mol. The van der Waals surface area contributed by atoms with E-state index in [4.69, 9.17) is 0 Å². The topological polar surface area (TPSA) is 52.7 Å². The highest BCUT2D eigenvalue weighted by molar-refractivity contribution is 5.83. The highest BCUT2D eigenvalue weighted by Crippen LogP contribution is 2.12. The summed E-state index contributed by atoms with van der Waals surface area (Å²) in [6, 6.07) is 10.0. The maximum Gasteiger partial charge on any atom is 0.158 e. The van der Waals surface area contributed by atoms with Gasteiger partial charge in [-0.15, -0.1) is 0 Å². The minimum absolute atomic E-state index is 0.132. The fourth-order valence-electron chi connectivity index (χ4n) is 2.34. The van der Waals surface area contributed by atoms with Crippen LogP contribution in [-0.2, 0) is 17.8 Å². The third-order valence-electron chi connectivity index (χ3n) is 3.45. The molecule has 2 aromatic heterocycles. The van der Waals surface area contributed by atoms with Gasteiger partial charge in [0.25, 0.3) is 0 Å². The molecule has 0 saturated carbocycles. The van der Waals surface area contributed by atoms with Crippen molar-refractivity contribution >= 4 is 16.8 Å². The zero-order chi connectivity index (χ0) is 14.8. The zero-order valence-corrected chi connectivity index (χ0v) is 12.2. The molecule has 2 heterocycles. The van der Waals surface area contributed by atoms with Gasteiger partial charge >= 0.3 is 0 Å². The van der Waals surface area contributed by atoms with Crippen LogP contribution in [0.3, 0.4) is 0 Å². The fourth-order valence-corrected chi connectivity index (χ4v) is 2.34. The standard InChI is InChI=1S/C16H18N4O/c1-12(2)20-8-7-13(18-20)9-14(21)10-19-11-17-15-5-3-4-6-16(15)19/h3-8,11-12H,9-10H2,1-2H3. The zero-order valence-electron chi connectivity index (χ0n) is 12.2. The molecule has 1 aromatic carbocycles. The molecule has 5 heteroatoms. The van der Waals surface area contributed by atoms with E-state index in [-0.39, 0.29) is 5.78 Å². The third kappa shape index (κ3) is 2.86. The van der Waals surface area contributed by atoms with Crippen molar-refractivity contribution in [1.29, 1.82) is 0 Å². The molecule has 3 aromatic rings. The van der Waals surface area contributed by atoms with E-state index in [1.54, 1.807) is 6.33 Å². The molecule has 0 atom stereocenters. The van der Waals surface area contributed by atoms with Gasteiger partial charge in [0.2, 0.25) is 0 Å². The lowest BCUT2D eigenvalue weighted by molar-refractivity contribution is -0.119. The summed E-state index contributed by atoms with van der Waals surface area (Å²) < 4.78 is 3.76. The van der Waals surface area contributed by atoms with Crippen LogP contribution in [-0.4, -0.2) is 25.1 Å². The Kier molecular flexibility index (Phi) is 3.56. The first-order valence-corrected chi connectivity index (χ1v) is 7.09. The summed E-state index contributed by atoms with van der Waals surface area (Å²) in [6.07, 6.45) is 3.99. The number of carbonyl (C=O) groups is 1. The molecule has 21 heavy (non-hydrogen) atoms. The number of para-hydroxylation sites is 2. The van der Waals surface area contributed by atoms with Crippen molar-refractivity contribution in [3.05, 3.63) is 48.5 Å². The summed E-state index contributed by atoms with van der Waals surface area (Å²) in [5, 5.41) is 4.41. The largest absolute Gasteiger partial charge is 0.323 e. The molecular weight excluding hydrogens is 264 g/mol. The van der Waals surface area contributed by atoms with Crippen molar-refractivity contribution in [3.63, 3.8) is 0 Å². The molecular formula is C16H18N4O. The molecule has 0 aliphatic rings. The molecule has 0 saturated heterocycles. The van der Waals surface area contributed by atoms with E-state index in [1.807, 2.05) is 45.8 Å². The Labute approximate surface area is 123 Å². The lowest BCUT2D eigenvalue weighted by Crippen LogP contribution is -2.12. The van der Waals surface area contributed by atoms with Crippen LogP contribution in [0.2, 0.25) is 0 Å². The number of nitrogens with zero attached hydrogens (tertiary/aromatic N) is 4. The molecule has 5 nitrogen and oxygen atoms in total. The fraction of sp³-hybridized carbons (Fsp3) is 0.312. The van der Waals surface area contributed by atoms with E-state index in [0.717, 1.165) is 16.7 Å². The number of rotatable bonds is 5. The molecule has 0 radical (unpaired) electrons. The number of aromatic nitrogens is 4.